The van der Waals surface area contributed by atoms with Crippen LogP contribution >= 0.6 is 15.9 Å². The van der Waals surface area contributed by atoms with Gasteiger partial charge < -0.3 is 10.4 Å². The maximum Gasteiger partial charge on any atom is 0.265 e. The molecule has 0 aromatic heterocycles. The van der Waals surface area contributed by atoms with Crippen molar-refractivity contribution in [1.82, 2.24) is 5.32 Å². The van der Waals surface area contributed by atoms with Crippen molar-refractivity contribution in [1.29, 1.82) is 0 Å². The summed E-state index contributed by atoms with van der Waals surface area (Å²) in [6.45, 7) is 1.68. The molecule has 6 nitrogen and oxygen atoms in total. The number of hydrogen-bond acceptors (Lipinski definition) is 4. The number of fused-ring (bicyclic) bond motifs is 6. The van der Waals surface area contributed by atoms with Crippen molar-refractivity contribution in [3.05, 3.63) is 75.8 Å². The van der Waals surface area contributed by atoms with E-state index in [0.717, 1.165) is 12.1 Å². The van der Waals surface area contributed by atoms with E-state index >= 15 is 0 Å². The normalized spacial score (nSPS) is 17.3. The second-order valence-electron chi connectivity index (χ2n) is 7.00. The Kier molecular flexibility index (Phi) is 5.22. The second-order valence-corrected chi connectivity index (χ2v) is 9.51. The smallest absolute Gasteiger partial charge is 0.265 e. The minimum Gasteiger partial charge on any atom is -0.505 e. The van der Waals surface area contributed by atoms with Crippen molar-refractivity contribution in [3.63, 3.8) is 0 Å². The third kappa shape index (κ3) is 3.77. The van der Waals surface area contributed by atoms with Gasteiger partial charge in [0.15, 0.2) is 0 Å². The Labute approximate surface area is 185 Å². The topological polar surface area (TPSA) is 95.5 Å². The predicted molar refractivity (Wildman–Crippen MR) is 114 cm³/mol. The summed E-state index contributed by atoms with van der Waals surface area (Å²) >= 11 is 3.04. The summed E-state index contributed by atoms with van der Waals surface area (Å²) < 4.78 is 57.0. The van der Waals surface area contributed by atoms with E-state index in [1.165, 1.54) is 6.07 Å². The van der Waals surface area contributed by atoms with E-state index < -0.39 is 49.9 Å². The number of carbonyl (C=O) groups is 1. The zero-order chi connectivity index (χ0) is 22.5. The largest absolute Gasteiger partial charge is 0.505 e. The molecule has 10 heteroatoms. The molecule has 3 N–H and O–H groups in total. The lowest BCUT2D eigenvalue weighted by Gasteiger charge is -2.19. The molecule has 3 aromatic carbocycles. The Morgan fingerprint density at radius 1 is 1.03 bits per heavy atom. The van der Waals surface area contributed by atoms with Crippen molar-refractivity contribution in [3.8, 4) is 16.9 Å². The van der Waals surface area contributed by atoms with Gasteiger partial charge in [-0.1, -0.05) is 24.3 Å². The summed E-state index contributed by atoms with van der Waals surface area (Å²) in [5.74, 6) is -3.29. The van der Waals surface area contributed by atoms with Crippen molar-refractivity contribution >= 4 is 37.5 Å². The maximum atomic E-state index is 14.7. The van der Waals surface area contributed by atoms with Crippen molar-refractivity contribution < 1.29 is 27.1 Å². The highest BCUT2D eigenvalue weighted by atomic mass is 79.9. The van der Waals surface area contributed by atoms with Gasteiger partial charge in [-0.25, -0.2) is 17.2 Å². The van der Waals surface area contributed by atoms with Crippen LogP contribution in [0, 0.1) is 11.6 Å². The monoisotopic (exact) mass is 508 g/mol. The molecular weight excluding hydrogens is 494 g/mol. The van der Waals surface area contributed by atoms with Crippen LogP contribution in [0.1, 0.15) is 28.9 Å². The zero-order valence-electron chi connectivity index (χ0n) is 15.9. The van der Waals surface area contributed by atoms with E-state index in [1.54, 1.807) is 31.2 Å². The first-order valence-corrected chi connectivity index (χ1v) is 11.3. The lowest BCUT2D eigenvalue weighted by molar-refractivity contribution is 0.0939. The van der Waals surface area contributed by atoms with Crippen LogP contribution in [0.25, 0.3) is 11.1 Å². The number of carbonyl (C=O) groups excluding carboxylic acids is 1. The number of nitrogens with one attached hydrogen (secondary N) is 2. The Balaban J connectivity index is 2.05. The average molecular weight is 509 g/mol. The molecular formula is C21H15BrF2N2O4S. The average Bonchev–Trinajstić information content (AvgIpc) is 2.71. The number of halogens is 3. The first-order chi connectivity index (χ1) is 14.6. The van der Waals surface area contributed by atoms with Gasteiger partial charge in [0.2, 0.25) is 0 Å². The number of benzene rings is 3. The summed E-state index contributed by atoms with van der Waals surface area (Å²) in [4.78, 5) is 12.2. The molecule has 0 aliphatic carbocycles. The molecule has 1 amide bonds. The standard InChI is InChI=1S/C21H15BrF2N2O4S/c1-10-12-4-2-3-5-13(12)14-8-18(17(24)9-16(14)23)26-31(29,30)19-7-11(21(28)25-10)6-15(22)20(19)27/h2-10,26-27H,1H3,(H,25,28)/t10-/m1/s1. The van der Waals surface area contributed by atoms with Crippen LogP contribution in [0.4, 0.5) is 14.5 Å². The van der Waals surface area contributed by atoms with Crippen molar-refractivity contribution in [2.45, 2.75) is 17.9 Å². The molecule has 0 radical (unpaired) electrons. The van der Waals surface area contributed by atoms with Crippen LogP contribution in [0.5, 0.6) is 5.75 Å². The number of amides is 1. The molecule has 0 spiro atoms. The quantitative estimate of drug-likeness (QED) is 0.409. The van der Waals surface area contributed by atoms with Gasteiger partial charge in [-0.15, -0.1) is 0 Å². The summed E-state index contributed by atoms with van der Waals surface area (Å²) in [5, 5.41) is 13.0. The van der Waals surface area contributed by atoms with E-state index in [-0.39, 0.29) is 15.6 Å². The lowest BCUT2D eigenvalue weighted by atomic mass is 9.94. The van der Waals surface area contributed by atoms with Gasteiger partial charge in [-0.3, -0.25) is 9.52 Å². The van der Waals surface area contributed by atoms with Gasteiger partial charge in [0.05, 0.1) is 16.2 Å². The third-order valence-electron chi connectivity index (χ3n) is 4.95. The van der Waals surface area contributed by atoms with Gasteiger partial charge in [-0.05, 0) is 52.2 Å². The molecule has 160 valence electrons. The third-order valence-corrected chi connectivity index (χ3v) is 6.93. The van der Waals surface area contributed by atoms with Crippen LogP contribution in [-0.4, -0.2) is 19.4 Å². The first kappa shape index (κ1) is 21.3. The Hall–Kier alpha value is -2.98. The predicted octanol–water partition coefficient (Wildman–Crippen LogP) is 4.71. The highest BCUT2D eigenvalue weighted by Crippen LogP contribution is 2.37. The number of anilines is 1. The number of rotatable bonds is 0. The number of phenolic OH excluding ortho intramolecular Hbond substituents is 1. The summed E-state index contributed by atoms with van der Waals surface area (Å²) in [7, 11) is -4.53. The van der Waals surface area contributed by atoms with Crippen LogP contribution in [0.2, 0.25) is 0 Å². The highest BCUT2D eigenvalue weighted by molar-refractivity contribution is 9.10. The fourth-order valence-electron chi connectivity index (χ4n) is 3.42. The molecule has 3 aromatic rings. The molecule has 4 rings (SSSR count). The summed E-state index contributed by atoms with van der Waals surface area (Å²) in [6, 6.07) is 9.91. The minimum atomic E-state index is -4.53. The zero-order valence-corrected chi connectivity index (χ0v) is 18.3. The molecule has 0 unspecified atom stereocenters. The van der Waals surface area contributed by atoms with E-state index in [0.29, 0.717) is 17.2 Å². The van der Waals surface area contributed by atoms with Crippen LogP contribution < -0.4 is 10.0 Å². The van der Waals surface area contributed by atoms with E-state index in [1.807, 2.05) is 4.72 Å². The molecule has 4 bridgehead atoms. The SMILES string of the molecule is C[C@H]1NC(=O)c2cc(Br)c(O)c(c2)S(=O)(=O)Nc2cc(c(F)cc2F)-c2ccccc21. The van der Waals surface area contributed by atoms with Crippen LogP contribution in [0.3, 0.4) is 0 Å². The Bertz CT molecular complexity index is 1350. The van der Waals surface area contributed by atoms with Gasteiger partial charge in [-0.2, -0.15) is 0 Å². The minimum absolute atomic E-state index is 0.0382. The van der Waals surface area contributed by atoms with Crippen molar-refractivity contribution in [2.75, 3.05) is 4.72 Å². The van der Waals surface area contributed by atoms with Gasteiger partial charge in [0.25, 0.3) is 15.9 Å². The molecule has 1 aliphatic rings. The van der Waals surface area contributed by atoms with Crippen molar-refractivity contribution in [2.24, 2.45) is 0 Å². The number of sulfonamides is 1. The van der Waals surface area contributed by atoms with Crippen LogP contribution in [-0.2, 0) is 10.0 Å². The number of aromatic hydroxyl groups is 1. The molecule has 0 fully saturated rings. The summed E-state index contributed by atoms with van der Waals surface area (Å²) in [6.07, 6.45) is 0. The van der Waals surface area contributed by atoms with Crippen LogP contribution in [0.15, 0.2) is 57.9 Å². The van der Waals surface area contributed by atoms with E-state index in [9.17, 15) is 27.1 Å². The number of phenols is 1. The van der Waals surface area contributed by atoms with Gasteiger partial charge in [0, 0.05) is 17.2 Å². The molecule has 1 heterocycles. The molecule has 0 saturated carbocycles. The highest BCUT2D eigenvalue weighted by Gasteiger charge is 2.27. The molecule has 31 heavy (non-hydrogen) atoms. The molecule has 1 aliphatic heterocycles. The molecule has 0 saturated heterocycles. The number of hydrogen-bond donors (Lipinski definition) is 3. The van der Waals surface area contributed by atoms with Gasteiger partial charge >= 0.3 is 0 Å². The first-order valence-electron chi connectivity index (χ1n) is 9.03. The second kappa shape index (κ2) is 7.61. The summed E-state index contributed by atoms with van der Waals surface area (Å²) in [5.41, 5.74) is 0.313. The van der Waals surface area contributed by atoms with E-state index in [4.69, 9.17) is 0 Å². The maximum absolute atomic E-state index is 14.7. The lowest BCUT2D eigenvalue weighted by Crippen LogP contribution is -2.27. The Morgan fingerprint density at radius 2 is 1.74 bits per heavy atom. The Morgan fingerprint density at radius 3 is 2.48 bits per heavy atom. The molecule has 1 atom stereocenters. The fourth-order valence-corrected chi connectivity index (χ4v) is 5.21. The fraction of sp³-hybridized carbons (Fsp3) is 0.0952. The van der Waals surface area contributed by atoms with Gasteiger partial charge in [0.1, 0.15) is 22.3 Å². The van der Waals surface area contributed by atoms with E-state index in [2.05, 4.69) is 21.2 Å².